The predicted octanol–water partition coefficient (Wildman–Crippen LogP) is 2.23. The monoisotopic (exact) mass is 304 g/mol. The maximum atomic E-state index is 12.2. The van der Waals surface area contributed by atoms with Crippen LogP contribution < -0.4 is 0 Å². The van der Waals surface area contributed by atoms with Crippen LogP contribution >= 0.6 is 10.7 Å². The molecule has 0 N–H and O–H groups in total. The SMILES string of the molecule is CCN(C)C(=O)c1cc(S(=O)(=O)Cl)cn1C1CCC1. The molecule has 0 spiro atoms. The van der Waals surface area contributed by atoms with Crippen LogP contribution in [0.2, 0.25) is 0 Å². The lowest BCUT2D eigenvalue weighted by molar-refractivity contribution is 0.0785. The quantitative estimate of drug-likeness (QED) is 0.802. The van der Waals surface area contributed by atoms with Gasteiger partial charge in [0.15, 0.2) is 0 Å². The summed E-state index contributed by atoms with van der Waals surface area (Å²) in [5.41, 5.74) is 0.397. The van der Waals surface area contributed by atoms with Gasteiger partial charge in [-0.25, -0.2) is 8.42 Å². The van der Waals surface area contributed by atoms with Gasteiger partial charge in [0.2, 0.25) is 0 Å². The summed E-state index contributed by atoms with van der Waals surface area (Å²) in [7, 11) is 3.24. The van der Waals surface area contributed by atoms with Gasteiger partial charge in [0.25, 0.3) is 15.0 Å². The van der Waals surface area contributed by atoms with E-state index in [1.807, 2.05) is 6.92 Å². The Morgan fingerprint density at radius 1 is 1.53 bits per heavy atom. The van der Waals surface area contributed by atoms with E-state index in [1.54, 1.807) is 16.5 Å². The van der Waals surface area contributed by atoms with E-state index in [-0.39, 0.29) is 16.8 Å². The fourth-order valence-electron chi connectivity index (χ4n) is 2.06. The molecule has 7 heteroatoms. The first-order valence-electron chi connectivity index (χ1n) is 6.26. The highest BCUT2D eigenvalue weighted by molar-refractivity contribution is 8.13. The Kier molecular flexibility index (Phi) is 3.92. The van der Waals surface area contributed by atoms with Crippen LogP contribution in [0, 0.1) is 0 Å². The van der Waals surface area contributed by atoms with E-state index >= 15 is 0 Å². The highest BCUT2D eigenvalue weighted by Crippen LogP contribution is 2.34. The highest BCUT2D eigenvalue weighted by Gasteiger charge is 2.28. The summed E-state index contributed by atoms with van der Waals surface area (Å²) in [6.07, 6.45) is 4.51. The molecule has 0 bridgehead atoms. The average molecular weight is 305 g/mol. The standard InChI is InChI=1S/C12H17ClN2O3S/c1-3-14(2)12(16)11-7-10(19(13,17)18)8-15(11)9-5-4-6-9/h7-9H,3-6H2,1-2H3. The third kappa shape index (κ3) is 2.79. The maximum Gasteiger partial charge on any atom is 0.270 e. The summed E-state index contributed by atoms with van der Waals surface area (Å²) in [5.74, 6) is -0.180. The van der Waals surface area contributed by atoms with Crippen molar-refractivity contribution < 1.29 is 13.2 Å². The van der Waals surface area contributed by atoms with Gasteiger partial charge >= 0.3 is 0 Å². The summed E-state index contributed by atoms with van der Waals surface area (Å²) < 4.78 is 24.6. The number of halogens is 1. The van der Waals surface area contributed by atoms with Crippen LogP contribution in [0.25, 0.3) is 0 Å². The molecule has 1 saturated carbocycles. The van der Waals surface area contributed by atoms with Crippen molar-refractivity contribution in [3.8, 4) is 0 Å². The fourth-order valence-corrected chi connectivity index (χ4v) is 2.81. The summed E-state index contributed by atoms with van der Waals surface area (Å²) in [4.78, 5) is 13.8. The number of carbonyl (C=O) groups is 1. The van der Waals surface area contributed by atoms with E-state index in [0.29, 0.717) is 12.2 Å². The van der Waals surface area contributed by atoms with Gasteiger partial charge in [-0.3, -0.25) is 4.79 Å². The lowest BCUT2D eigenvalue weighted by Gasteiger charge is -2.29. The molecule has 0 unspecified atom stereocenters. The average Bonchev–Trinajstić information content (AvgIpc) is 2.69. The van der Waals surface area contributed by atoms with Crippen molar-refractivity contribution in [3.63, 3.8) is 0 Å². The van der Waals surface area contributed by atoms with E-state index in [4.69, 9.17) is 10.7 Å². The second kappa shape index (κ2) is 5.17. The molecule has 1 heterocycles. The molecule has 1 aromatic heterocycles. The summed E-state index contributed by atoms with van der Waals surface area (Å²) in [5, 5.41) is 0. The van der Waals surface area contributed by atoms with Crippen LogP contribution in [0.4, 0.5) is 0 Å². The van der Waals surface area contributed by atoms with Crippen LogP contribution in [0.5, 0.6) is 0 Å². The van der Waals surface area contributed by atoms with Crippen LogP contribution in [0.3, 0.4) is 0 Å². The first-order chi connectivity index (χ1) is 8.84. The molecule has 0 aliphatic heterocycles. The highest BCUT2D eigenvalue weighted by atomic mass is 35.7. The maximum absolute atomic E-state index is 12.2. The lowest BCUT2D eigenvalue weighted by atomic mass is 9.93. The number of hydrogen-bond acceptors (Lipinski definition) is 3. The summed E-state index contributed by atoms with van der Waals surface area (Å²) >= 11 is 0. The fraction of sp³-hybridized carbons (Fsp3) is 0.583. The molecule has 5 nitrogen and oxygen atoms in total. The van der Waals surface area contributed by atoms with Crippen molar-refractivity contribution in [2.24, 2.45) is 0 Å². The Bertz CT molecular complexity index is 590. The zero-order valence-corrected chi connectivity index (χ0v) is 12.5. The van der Waals surface area contributed by atoms with Crippen molar-refractivity contribution in [3.05, 3.63) is 18.0 Å². The molecule has 0 aromatic carbocycles. The third-order valence-corrected chi connectivity index (χ3v) is 4.93. The largest absolute Gasteiger partial charge is 0.341 e. The Morgan fingerprint density at radius 3 is 2.58 bits per heavy atom. The van der Waals surface area contributed by atoms with Crippen molar-refractivity contribution in [1.82, 2.24) is 9.47 Å². The molecule has 1 aliphatic rings. The second-order valence-corrected chi connectivity index (χ2v) is 7.38. The molecule has 106 valence electrons. The van der Waals surface area contributed by atoms with Crippen LogP contribution in [-0.2, 0) is 9.05 Å². The molecule has 1 amide bonds. The minimum atomic E-state index is -3.81. The Balaban J connectivity index is 2.45. The molecule has 0 atom stereocenters. The van der Waals surface area contributed by atoms with Gasteiger partial charge in [-0.1, -0.05) is 0 Å². The van der Waals surface area contributed by atoms with Gasteiger partial charge in [-0.15, -0.1) is 0 Å². The third-order valence-electron chi connectivity index (χ3n) is 3.61. The van der Waals surface area contributed by atoms with Gasteiger partial charge in [0.05, 0.1) is 0 Å². The summed E-state index contributed by atoms with van der Waals surface area (Å²) in [6, 6.07) is 1.58. The molecule has 1 aromatic rings. The molecular weight excluding hydrogens is 288 g/mol. The smallest absolute Gasteiger partial charge is 0.270 e. The van der Waals surface area contributed by atoms with Crippen molar-refractivity contribution in [2.75, 3.05) is 13.6 Å². The molecule has 19 heavy (non-hydrogen) atoms. The van der Waals surface area contributed by atoms with Crippen molar-refractivity contribution in [2.45, 2.75) is 37.1 Å². The van der Waals surface area contributed by atoms with Gasteiger partial charge in [-0.05, 0) is 32.3 Å². The number of carbonyl (C=O) groups excluding carboxylic acids is 1. The molecular formula is C12H17ClN2O3S. The van der Waals surface area contributed by atoms with E-state index in [2.05, 4.69) is 0 Å². The van der Waals surface area contributed by atoms with Crippen molar-refractivity contribution >= 4 is 25.6 Å². The van der Waals surface area contributed by atoms with Gasteiger partial charge in [-0.2, -0.15) is 0 Å². The van der Waals surface area contributed by atoms with Crippen LogP contribution in [0.1, 0.15) is 42.7 Å². The first kappa shape index (κ1) is 14.4. The first-order valence-corrected chi connectivity index (χ1v) is 8.57. The zero-order chi connectivity index (χ0) is 14.2. The van der Waals surface area contributed by atoms with E-state index in [9.17, 15) is 13.2 Å². The van der Waals surface area contributed by atoms with Gasteiger partial charge < -0.3 is 9.47 Å². The minimum Gasteiger partial charge on any atom is -0.341 e. The Hall–Kier alpha value is -1.01. The van der Waals surface area contributed by atoms with Crippen LogP contribution in [0.15, 0.2) is 17.2 Å². The second-order valence-electron chi connectivity index (χ2n) is 4.81. The number of hydrogen-bond donors (Lipinski definition) is 0. The van der Waals surface area contributed by atoms with E-state index in [0.717, 1.165) is 19.3 Å². The number of rotatable bonds is 4. The van der Waals surface area contributed by atoms with Gasteiger partial charge in [0, 0.05) is 36.5 Å². The minimum absolute atomic E-state index is 0.00563. The molecule has 1 aliphatic carbocycles. The number of amides is 1. The Labute approximate surface area is 117 Å². The predicted molar refractivity (Wildman–Crippen MR) is 73.0 cm³/mol. The Morgan fingerprint density at radius 2 is 2.16 bits per heavy atom. The molecule has 2 rings (SSSR count). The number of aromatic nitrogens is 1. The molecule has 0 radical (unpaired) electrons. The zero-order valence-electron chi connectivity index (χ0n) is 11.0. The van der Waals surface area contributed by atoms with Gasteiger partial charge in [0.1, 0.15) is 10.6 Å². The lowest BCUT2D eigenvalue weighted by Crippen LogP contribution is -2.30. The normalized spacial score (nSPS) is 16.2. The topological polar surface area (TPSA) is 59.4 Å². The molecule has 0 saturated heterocycles. The van der Waals surface area contributed by atoms with E-state index in [1.165, 1.54) is 12.3 Å². The van der Waals surface area contributed by atoms with Crippen LogP contribution in [-0.4, -0.2) is 37.4 Å². The van der Waals surface area contributed by atoms with Crippen molar-refractivity contribution in [1.29, 1.82) is 0 Å². The molecule has 1 fully saturated rings. The van der Waals surface area contributed by atoms with E-state index < -0.39 is 9.05 Å². The summed E-state index contributed by atoms with van der Waals surface area (Å²) in [6.45, 7) is 2.44. The number of nitrogens with zero attached hydrogens (tertiary/aromatic N) is 2.